The Morgan fingerprint density at radius 3 is 3.00 bits per heavy atom. The van der Waals surface area contributed by atoms with Gasteiger partial charge < -0.3 is 15.0 Å². The molecule has 7 nitrogen and oxygen atoms in total. The lowest BCUT2D eigenvalue weighted by Crippen LogP contribution is -2.30. The Labute approximate surface area is 130 Å². The molecule has 1 aromatic heterocycles. The van der Waals surface area contributed by atoms with E-state index in [-0.39, 0.29) is 5.91 Å². The van der Waals surface area contributed by atoms with E-state index in [2.05, 4.69) is 17.2 Å². The van der Waals surface area contributed by atoms with E-state index in [4.69, 9.17) is 4.74 Å². The third kappa shape index (κ3) is 4.22. The second kappa shape index (κ2) is 7.82. The molecule has 1 aliphatic rings. The summed E-state index contributed by atoms with van der Waals surface area (Å²) in [6, 6.07) is 0. The molecule has 0 bridgehead atoms. The van der Waals surface area contributed by atoms with E-state index < -0.39 is 6.09 Å². The molecule has 1 atom stereocenters. The number of nitrogens with zero attached hydrogens (tertiary/aromatic N) is 3. The van der Waals surface area contributed by atoms with Crippen LogP contribution in [0.2, 0.25) is 0 Å². The first-order chi connectivity index (χ1) is 10.6. The van der Waals surface area contributed by atoms with Crippen molar-refractivity contribution in [1.82, 2.24) is 19.8 Å². The number of carbonyl (C=O) groups is 2. The predicted octanol–water partition coefficient (Wildman–Crippen LogP) is 1.99. The molecule has 0 saturated carbocycles. The van der Waals surface area contributed by atoms with Gasteiger partial charge in [-0.15, -0.1) is 0 Å². The number of amides is 2. The van der Waals surface area contributed by atoms with Crippen LogP contribution in [0, 0.1) is 5.92 Å². The number of ether oxygens (including phenoxy) is 1. The molecule has 122 valence electrons. The fourth-order valence-corrected chi connectivity index (χ4v) is 2.63. The Hall–Kier alpha value is -2.05. The van der Waals surface area contributed by atoms with Crippen molar-refractivity contribution in [3.05, 3.63) is 12.5 Å². The summed E-state index contributed by atoms with van der Waals surface area (Å²) in [7, 11) is 0. The fourth-order valence-electron chi connectivity index (χ4n) is 2.63. The molecule has 0 aliphatic carbocycles. The zero-order valence-electron chi connectivity index (χ0n) is 13.2. The van der Waals surface area contributed by atoms with Crippen molar-refractivity contribution in [2.24, 2.45) is 5.92 Å². The van der Waals surface area contributed by atoms with E-state index in [1.807, 2.05) is 6.92 Å². The lowest BCUT2D eigenvalue weighted by atomic mass is 10.0. The molecule has 2 heterocycles. The number of rotatable bonds is 7. The first-order valence-electron chi connectivity index (χ1n) is 7.87. The largest absolute Gasteiger partial charge is 0.413 e. The van der Waals surface area contributed by atoms with Crippen LogP contribution in [0.5, 0.6) is 5.88 Å². The molecule has 2 amide bonds. The molecule has 22 heavy (non-hydrogen) atoms. The van der Waals surface area contributed by atoms with Gasteiger partial charge >= 0.3 is 6.09 Å². The average molecular weight is 308 g/mol. The van der Waals surface area contributed by atoms with Gasteiger partial charge in [-0.1, -0.05) is 20.3 Å². The summed E-state index contributed by atoms with van der Waals surface area (Å²) in [5.74, 6) is 0.923. The Kier molecular flexibility index (Phi) is 5.80. The van der Waals surface area contributed by atoms with E-state index in [0.29, 0.717) is 31.4 Å². The maximum Gasteiger partial charge on any atom is 0.413 e. The molecule has 1 aliphatic heterocycles. The Morgan fingerprint density at radius 1 is 1.45 bits per heavy atom. The van der Waals surface area contributed by atoms with E-state index >= 15 is 0 Å². The van der Waals surface area contributed by atoms with Gasteiger partial charge in [0.25, 0.3) is 0 Å². The van der Waals surface area contributed by atoms with Crippen molar-refractivity contribution in [3.8, 4) is 5.88 Å². The highest BCUT2D eigenvalue weighted by atomic mass is 16.6. The molecule has 1 aromatic rings. The highest BCUT2D eigenvalue weighted by Gasteiger charge is 2.29. The second-order valence-electron chi connectivity index (χ2n) is 5.63. The molecular weight excluding hydrogens is 284 g/mol. The number of likely N-dealkylation sites (tertiary alicyclic amines) is 1. The number of aromatic nitrogens is 2. The quantitative estimate of drug-likeness (QED) is 0.835. The van der Waals surface area contributed by atoms with Crippen LogP contribution in [0.4, 0.5) is 4.79 Å². The molecule has 1 N–H and O–H groups in total. The molecule has 1 fully saturated rings. The summed E-state index contributed by atoms with van der Waals surface area (Å²) in [5, 5.41) is 2.64. The monoisotopic (exact) mass is 308 g/mol. The first kappa shape index (κ1) is 16.3. The van der Waals surface area contributed by atoms with Crippen molar-refractivity contribution < 1.29 is 14.3 Å². The standard InChI is InChI=1S/C15H24N4O3/c1-3-5-12-7-13(20)18(9-12)11-19-10-16-8-14(19)22-15(21)17-6-4-2/h8,10,12H,3-7,9,11H2,1-2H3,(H,17,21). The van der Waals surface area contributed by atoms with Crippen LogP contribution in [0.25, 0.3) is 0 Å². The minimum absolute atomic E-state index is 0.147. The van der Waals surface area contributed by atoms with Crippen molar-refractivity contribution in [3.63, 3.8) is 0 Å². The van der Waals surface area contributed by atoms with E-state index in [9.17, 15) is 9.59 Å². The lowest BCUT2D eigenvalue weighted by molar-refractivity contribution is -0.129. The normalized spacial score (nSPS) is 17.8. The third-order valence-corrected chi connectivity index (χ3v) is 3.71. The molecule has 0 radical (unpaired) electrons. The SMILES string of the molecule is CCCNC(=O)Oc1cncn1CN1CC(CCC)CC1=O. The van der Waals surface area contributed by atoms with E-state index in [1.54, 1.807) is 15.8 Å². The van der Waals surface area contributed by atoms with Gasteiger partial charge in [-0.3, -0.25) is 9.36 Å². The van der Waals surface area contributed by atoms with Gasteiger partial charge in [0.2, 0.25) is 11.8 Å². The molecule has 1 unspecified atom stereocenters. The fraction of sp³-hybridized carbons (Fsp3) is 0.667. The second-order valence-corrected chi connectivity index (χ2v) is 5.63. The third-order valence-electron chi connectivity index (χ3n) is 3.71. The Balaban J connectivity index is 1.92. The smallest absolute Gasteiger partial charge is 0.391 e. The molecule has 1 saturated heterocycles. The topological polar surface area (TPSA) is 76.5 Å². The molecule has 0 aromatic carbocycles. The minimum atomic E-state index is -0.500. The molecule has 7 heteroatoms. The van der Waals surface area contributed by atoms with E-state index in [1.165, 1.54) is 6.20 Å². The zero-order chi connectivity index (χ0) is 15.9. The van der Waals surface area contributed by atoms with Crippen LogP contribution < -0.4 is 10.1 Å². The summed E-state index contributed by atoms with van der Waals surface area (Å²) >= 11 is 0. The van der Waals surface area contributed by atoms with Crippen LogP contribution in [0.3, 0.4) is 0 Å². The summed E-state index contributed by atoms with van der Waals surface area (Å²) < 4.78 is 6.90. The summed E-state index contributed by atoms with van der Waals surface area (Å²) in [4.78, 5) is 29.4. The number of imidazole rings is 1. The van der Waals surface area contributed by atoms with Crippen LogP contribution in [0.15, 0.2) is 12.5 Å². The van der Waals surface area contributed by atoms with Gasteiger partial charge in [0.15, 0.2) is 0 Å². The highest BCUT2D eigenvalue weighted by molar-refractivity contribution is 5.78. The minimum Gasteiger partial charge on any atom is -0.391 e. The molecule has 2 rings (SSSR count). The van der Waals surface area contributed by atoms with Gasteiger partial charge in [0.05, 0.1) is 12.5 Å². The predicted molar refractivity (Wildman–Crippen MR) is 81.3 cm³/mol. The number of carbonyl (C=O) groups excluding carboxylic acids is 2. The zero-order valence-corrected chi connectivity index (χ0v) is 13.2. The van der Waals surface area contributed by atoms with Crippen LogP contribution in [-0.4, -0.2) is 39.5 Å². The van der Waals surface area contributed by atoms with Crippen LogP contribution >= 0.6 is 0 Å². The maximum atomic E-state index is 12.0. The number of hydrogen-bond acceptors (Lipinski definition) is 4. The Morgan fingerprint density at radius 2 is 2.27 bits per heavy atom. The maximum absolute atomic E-state index is 12.0. The van der Waals surface area contributed by atoms with Gasteiger partial charge in [0.1, 0.15) is 6.67 Å². The van der Waals surface area contributed by atoms with Gasteiger partial charge in [0, 0.05) is 19.5 Å². The number of hydrogen-bond donors (Lipinski definition) is 1. The molecule has 0 spiro atoms. The summed E-state index contributed by atoms with van der Waals surface area (Å²) in [6.45, 7) is 5.79. The van der Waals surface area contributed by atoms with Crippen molar-refractivity contribution in [1.29, 1.82) is 0 Å². The molecular formula is C15H24N4O3. The van der Waals surface area contributed by atoms with Crippen LogP contribution in [0.1, 0.15) is 39.5 Å². The lowest BCUT2D eigenvalue weighted by Gasteiger charge is -2.18. The summed E-state index contributed by atoms with van der Waals surface area (Å²) in [5.41, 5.74) is 0. The average Bonchev–Trinajstić information content (AvgIpc) is 3.05. The van der Waals surface area contributed by atoms with Crippen LogP contribution in [-0.2, 0) is 11.5 Å². The van der Waals surface area contributed by atoms with Gasteiger partial charge in [-0.05, 0) is 18.8 Å². The number of nitrogens with one attached hydrogen (secondary N) is 1. The highest BCUT2D eigenvalue weighted by Crippen LogP contribution is 2.23. The van der Waals surface area contributed by atoms with Gasteiger partial charge in [-0.25, -0.2) is 9.78 Å². The van der Waals surface area contributed by atoms with Crippen molar-refractivity contribution in [2.45, 2.75) is 46.2 Å². The van der Waals surface area contributed by atoms with E-state index in [0.717, 1.165) is 25.8 Å². The summed E-state index contributed by atoms with van der Waals surface area (Å²) in [6.07, 6.45) is 6.15. The van der Waals surface area contributed by atoms with Crippen molar-refractivity contribution in [2.75, 3.05) is 13.1 Å². The first-order valence-corrected chi connectivity index (χ1v) is 7.87. The van der Waals surface area contributed by atoms with Gasteiger partial charge in [-0.2, -0.15) is 0 Å². The Bertz CT molecular complexity index is 515. The van der Waals surface area contributed by atoms with Crippen molar-refractivity contribution >= 4 is 12.0 Å².